The molecule has 18 heavy (non-hydrogen) atoms. The number of nitrogens with zero attached hydrogens (tertiary/aromatic N) is 3. The Morgan fingerprint density at radius 3 is 3.11 bits per heavy atom. The van der Waals surface area contributed by atoms with Gasteiger partial charge in [-0.1, -0.05) is 19.8 Å². The molecule has 2 aromatic heterocycles. The van der Waals surface area contributed by atoms with Gasteiger partial charge in [-0.3, -0.25) is 0 Å². The Kier molecular flexibility index (Phi) is 2.81. The molecule has 0 aromatic carbocycles. The molecule has 1 unspecified atom stereocenters. The zero-order chi connectivity index (χ0) is 12.5. The summed E-state index contributed by atoms with van der Waals surface area (Å²) in [6.07, 6.45) is 10.5. The van der Waals surface area contributed by atoms with E-state index in [4.69, 9.17) is 5.73 Å². The fourth-order valence-electron chi connectivity index (χ4n) is 2.32. The summed E-state index contributed by atoms with van der Waals surface area (Å²) in [6, 6.07) is 0.465. The lowest BCUT2D eigenvalue weighted by Crippen LogP contribution is -2.20. The Bertz CT molecular complexity index is 543. The lowest BCUT2D eigenvalue weighted by atomic mass is 10.1. The van der Waals surface area contributed by atoms with Gasteiger partial charge in [-0.15, -0.1) is 0 Å². The van der Waals surface area contributed by atoms with Crippen molar-refractivity contribution >= 4 is 17.3 Å². The molecule has 3 rings (SSSR count). The molecule has 5 nitrogen and oxygen atoms in total. The third-order valence-corrected chi connectivity index (χ3v) is 3.54. The maximum atomic E-state index is 5.81. The normalized spacial score (nSPS) is 16.9. The Morgan fingerprint density at radius 2 is 2.39 bits per heavy atom. The number of hydrogen-bond acceptors (Lipinski definition) is 4. The molecule has 1 aliphatic carbocycles. The van der Waals surface area contributed by atoms with Crippen molar-refractivity contribution in [2.24, 2.45) is 5.92 Å². The van der Waals surface area contributed by atoms with Gasteiger partial charge < -0.3 is 15.5 Å². The van der Waals surface area contributed by atoms with Crippen molar-refractivity contribution < 1.29 is 0 Å². The summed E-state index contributed by atoms with van der Waals surface area (Å²) < 4.78 is 1.91. The highest BCUT2D eigenvalue weighted by Crippen LogP contribution is 2.34. The predicted molar refractivity (Wildman–Crippen MR) is 72.4 cm³/mol. The highest BCUT2D eigenvalue weighted by atomic mass is 15.1. The fourth-order valence-corrected chi connectivity index (χ4v) is 2.32. The Labute approximate surface area is 106 Å². The van der Waals surface area contributed by atoms with Crippen LogP contribution in [0.15, 0.2) is 18.6 Å². The number of anilines is 2. The lowest BCUT2D eigenvalue weighted by molar-refractivity contribution is 0.585. The largest absolute Gasteiger partial charge is 0.382 e. The van der Waals surface area contributed by atoms with Crippen molar-refractivity contribution in [2.75, 3.05) is 11.1 Å². The molecule has 96 valence electrons. The van der Waals surface area contributed by atoms with Gasteiger partial charge in [0, 0.05) is 18.4 Å². The summed E-state index contributed by atoms with van der Waals surface area (Å²) in [7, 11) is 0. The van der Waals surface area contributed by atoms with Crippen LogP contribution in [0.25, 0.3) is 5.65 Å². The lowest BCUT2D eigenvalue weighted by Gasteiger charge is -2.17. The van der Waals surface area contributed by atoms with Gasteiger partial charge in [-0.25, -0.2) is 9.97 Å². The first kappa shape index (κ1) is 11.3. The molecule has 1 saturated carbocycles. The monoisotopic (exact) mass is 245 g/mol. The number of imidazole rings is 1. The minimum atomic E-state index is 0.465. The molecule has 1 atom stereocenters. The van der Waals surface area contributed by atoms with Gasteiger partial charge in [0.1, 0.15) is 5.82 Å². The summed E-state index contributed by atoms with van der Waals surface area (Å²) >= 11 is 0. The number of nitrogens with one attached hydrogen (secondary N) is 1. The number of hydrogen-bond donors (Lipinski definition) is 2. The first-order valence-corrected chi connectivity index (χ1v) is 6.62. The van der Waals surface area contributed by atoms with Crippen LogP contribution in [-0.4, -0.2) is 20.4 Å². The van der Waals surface area contributed by atoms with Crippen molar-refractivity contribution in [2.45, 2.75) is 38.6 Å². The van der Waals surface area contributed by atoms with Gasteiger partial charge in [-0.05, 0) is 18.8 Å². The van der Waals surface area contributed by atoms with Gasteiger partial charge in [-0.2, -0.15) is 0 Å². The summed E-state index contributed by atoms with van der Waals surface area (Å²) in [5.41, 5.74) is 6.66. The van der Waals surface area contributed by atoms with Gasteiger partial charge in [0.25, 0.3) is 0 Å². The second kappa shape index (κ2) is 4.48. The first-order valence-electron chi connectivity index (χ1n) is 6.62. The maximum Gasteiger partial charge on any atom is 0.180 e. The third kappa shape index (κ3) is 2.25. The number of nitrogen functional groups attached to an aromatic ring is 1. The molecule has 0 saturated heterocycles. The molecule has 0 spiro atoms. The maximum absolute atomic E-state index is 5.81. The van der Waals surface area contributed by atoms with E-state index in [0.29, 0.717) is 11.9 Å². The smallest absolute Gasteiger partial charge is 0.180 e. The average Bonchev–Trinajstić information content (AvgIpc) is 3.03. The van der Waals surface area contributed by atoms with Crippen LogP contribution >= 0.6 is 0 Å². The number of fused-ring (bicyclic) bond motifs is 1. The molecule has 5 heteroatoms. The zero-order valence-corrected chi connectivity index (χ0v) is 10.6. The van der Waals surface area contributed by atoms with Crippen LogP contribution in [0.5, 0.6) is 0 Å². The molecule has 3 N–H and O–H groups in total. The van der Waals surface area contributed by atoms with Gasteiger partial charge in [0.15, 0.2) is 11.5 Å². The second-order valence-corrected chi connectivity index (χ2v) is 5.10. The summed E-state index contributed by atoms with van der Waals surface area (Å²) in [5.74, 6) is 2.22. The van der Waals surface area contributed by atoms with E-state index in [1.54, 1.807) is 12.4 Å². The van der Waals surface area contributed by atoms with Gasteiger partial charge >= 0.3 is 0 Å². The van der Waals surface area contributed by atoms with Crippen molar-refractivity contribution in [1.82, 2.24) is 14.4 Å². The first-order chi connectivity index (χ1) is 8.76. The van der Waals surface area contributed by atoms with Crippen molar-refractivity contribution in [3.8, 4) is 0 Å². The second-order valence-electron chi connectivity index (χ2n) is 5.10. The van der Waals surface area contributed by atoms with E-state index in [0.717, 1.165) is 23.8 Å². The van der Waals surface area contributed by atoms with Crippen LogP contribution < -0.4 is 11.1 Å². The zero-order valence-electron chi connectivity index (χ0n) is 10.6. The molecular formula is C13H19N5. The Hall–Kier alpha value is -1.78. The van der Waals surface area contributed by atoms with E-state index in [-0.39, 0.29) is 0 Å². The van der Waals surface area contributed by atoms with Gasteiger partial charge in [0.05, 0.1) is 6.20 Å². The summed E-state index contributed by atoms with van der Waals surface area (Å²) in [4.78, 5) is 8.70. The molecule has 0 radical (unpaired) electrons. The molecule has 1 aliphatic rings. The molecule has 0 bridgehead atoms. The van der Waals surface area contributed by atoms with Crippen molar-refractivity contribution in [1.29, 1.82) is 0 Å². The summed E-state index contributed by atoms with van der Waals surface area (Å²) in [6.45, 7) is 2.20. The molecule has 1 fully saturated rings. The van der Waals surface area contributed by atoms with E-state index in [9.17, 15) is 0 Å². The predicted octanol–water partition coefficient (Wildman–Crippen LogP) is 2.30. The molecule has 0 amide bonds. The van der Waals surface area contributed by atoms with E-state index in [1.807, 2.05) is 10.6 Å². The fraction of sp³-hybridized carbons (Fsp3) is 0.538. The molecular weight excluding hydrogens is 226 g/mol. The number of nitrogens with two attached hydrogens (primary N) is 1. The molecule has 2 aromatic rings. The third-order valence-electron chi connectivity index (χ3n) is 3.54. The highest BCUT2D eigenvalue weighted by Gasteiger charge is 2.25. The van der Waals surface area contributed by atoms with Crippen molar-refractivity contribution in [3.63, 3.8) is 0 Å². The minimum Gasteiger partial charge on any atom is -0.382 e. The van der Waals surface area contributed by atoms with E-state index < -0.39 is 0 Å². The standard InChI is InChI=1S/C13H19N5/c1-2-10(7-9-3-4-9)16-12-13-15-5-6-18(13)8-11(14)17-12/h5-6,8-10H,2-4,7,14H2,1H3,(H,16,17). The molecule has 0 aliphatic heterocycles. The Morgan fingerprint density at radius 1 is 1.56 bits per heavy atom. The van der Waals surface area contributed by atoms with Crippen LogP contribution in [0.1, 0.15) is 32.6 Å². The van der Waals surface area contributed by atoms with Crippen LogP contribution in [0, 0.1) is 5.92 Å². The van der Waals surface area contributed by atoms with Crippen molar-refractivity contribution in [3.05, 3.63) is 18.6 Å². The van der Waals surface area contributed by atoms with E-state index in [1.165, 1.54) is 19.3 Å². The van der Waals surface area contributed by atoms with Crippen LogP contribution in [0.3, 0.4) is 0 Å². The van der Waals surface area contributed by atoms with Gasteiger partial charge in [0.2, 0.25) is 0 Å². The quantitative estimate of drug-likeness (QED) is 0.848. The van der Waals surface area contributed by atoms with E-state index >= 15 is 0 Å². The minimum absolute atomic E-state index is 0.465. The highest BCUT2D eigenvalue weighted by molar-refractivity contribution is 5.65. The van der Waals surface area contributed by atoms with Crippen LogP contribution in [-0.2, 0) is 0 Å². The Balaban J connectivity index is 1.85. The average molecular weight is 245 g/mol. The van der Waals surface area contributed by atoms with Crippen LogP contribution in [0.2, 0.25) is 0 Å². The summed E-state index contributed by atoms with van der Waals surface area (Å²) in [5, 5.41) is 3.50. The molecule has 2 heterocycles. The topological polar surface area (TPSA) is 68.2 Å². The SMILES string of the molecule is CCC(CC1CC1)Nc1nc(N)cn2ccnc12. The van der Waals surface area contributed by atoms with Crippen LogP contribution in [0.4, 0.5) is 11.6 Å². The van der Waals surface area contributed by atoms with E-state index in [2.05, 4.69) is 22.2 Å². The number of rotatable bonds is 5. The number of aromatic nitrogens is 3.